The van der Waals surface area contributed by atoms with E-state index >= 15 is 0 Å². The van der Waals surface area contributed by atoms with Crippen molar-refractivity contribution in [3.63, 3.8) is 0 Å². The molecule has 0 radical (unpaired) electrons. The van der Waals surface area contributed by atoms with Crippen molar-refractivity contribution in [2.75, 3.05) is 11.9 Å². The van der Waals surface area contributed by atoms with Crippen molar-refractivity contribution in [3.8, 4) is 17.0 Å². The fourth-order valence-electron chi connectivity index (χ4n) is 2.69. The number of carbonyl (C=O) groups is 1. The molecule has 0 saturated carbocycles. The van der Waals surface area contributed by atoms with Crippen molar-refractivity contribution in [1.29, 1.82) is 0 Å². The second-order valence-electron chi connectivity index (χ2n) is 6.49. The molecule has 0 fully saturated rings. The Bertz CT molecular complexity index is 1020. The molecule has 152 valence electrons. The highest BCUT2D eigenvalue weighted by atomic mass is 79.9. The van der Waals surface area contributed by atoms with Crippen LogP contribution in [0.4, 0.5) is 5.13 Å². The molecular weight excluding hydrogens is 540 g/mol. The lowest BCUT2D eigenvalue weighted by atomic mass is 10.1. The first-order valence-corrected chi connectivity index (χ1v) is 11.8. The third kappa shape index (κ3) is 5.81. The van der Waals surface area contributed by atoms with Gasteiger partial charge in [-0.25, -0.2) is 4.98 Å². The first-order valence-electron chi connectivity index (χ1n) is 8.94. The van der Waals surface area contributed by atoms with Crippen LogP contribution in [0.25, 0.3) is 11.3 Å². The lowest BCUT2D eigenvalue weighted by Gasteiger charge is -2.13. The fourth-order valence-corrected chi connectivity index (χ4v) is 4.38. The number of rotatable bonds is 7. The van der Waals surface area contributed by atoms with E-state index in [1.807, 2.05) is 49.6 Å². The van der Waals surface area contributed by atoms with Gasteiger partial charge in [0.15, 0.2) is 5.13 Å². The number of anilines is 1. The molecule has 0 atom stereocenters. The zero-order valence-corrected chi connectivity index (χ0v) is 20.6. The number of nitrogens with one attached hydrogen (secondary N) is 1. The smallest absolute Gasteiger partial charge is 0.226 e. The number of aromatic nitrogens is 1. The van der Waals surface area contributed by atoms with Gasteiger partial charge in [0.1, 0.15) is 5.75 Å². The maximum atomic E-state index is 12.2. The SMILES string of the molecule is Cc1cc(OCCCC(=O)Nc2nc(-c3ccc(Br)cc3)cs2)c(Br)c(C)c1Cl. The number of halogens is 3. The summed E-state index contributed by atoms with van der Waals surface area (Å²) in [6, 6.07) is 9.81. The Balaban J connectivity index is 1.48. The Kier molecular flexibility index (Phi) is 7.73. The minimum absolute atomic E-state index is 0.0761. The van der Waals surface area contributed by atoms with Crippen LogP contribution in [0.2, 0.25) is 5.02 Å². The van der Waals surface area contributed by atoms with Crippen LogP contribution >= 0.6 is 54.8 Å². The van der Waals surface area contributed by atoms with E-state index in [-0.39, 0.29) is 5.91 Å². The van der Waals surface area contributed by atoms with E-state index in [2.05, 4.69) is 42.2 Å². The highest BCUT2D eigenvalue weighted by Gasteiger charge is 2.12. The Hall–Kier alpha value is -1.41. The molecule has 1 N–H and O–H groups in total. The van der Waals surface area contributed by atoms with Crippen LogP contribution in [-0.4, -0.2) is 17.5 Å². The Morgan fingerprint density at radius 3 is 2.69 bits per heavy atom. The number of hydrogen-bond donors (Lipinski definition) is 1. The van der Waals surface area contributed by atoms with Crippen LogP contribution in [0.15, 0.2) is 44.7 Å². The summed E-state index contributed by atoms with van der Waals surface area (Å²) in [4.78, 5) is 16.7. The Morgan fingerprint density at radius 1 is 1.24 bits per heavy atom. The van der Waals surface area contributed by atoms with Gasteiger partial charge >= 0.3 is 0 Å². The number of ether oxygens (including phenoxy) is 1. The second-order valence-corrected chi connectivity index (χ2v) is 9.43. The molecule has 8 heteroatoms. The number of benzene rings is 2. The van der Waals surface area contributed by atoms with Gasteiger partial charge in [-0.3, -0.25) is 4.79 Å². The molecule has 1 aromatic heterocycles. The van der Waals surface area contributed by atoms with Gasteiger partial charge in [-0.2, -0.15) is 0 Å². The van der Waals surface area contributed by atoms with Crippen molar-refractivity contribution in [3.05, 3.63) is 60.8 Å². The largest absolute Gasteiger partial charge is 0.492 e. The number of hydrogen-bond acceptors (Lipinski definition) is 4. The van der Waals surface area contributed by atoms with Gasteiger partial charge in [0, 0.05) is 26.9 Å². The van der Waals surface area contributed by atoms with Crippen molar-refractivity contribution in [2.45, 2.75) is 26.7 Å². The summed E-state index contributed by atoms with van der Waals surface area (Å²) in [5, 5.41) is 6.12. The van der Waals surface area contributed by atoms with Gasteiger partial charge in [0.25, 0.3) is 0 Å². The van der Waals surface area contributed by atoms with Gasteiger partial charge in [0.05, 0.1) is 16.8 Å². The number of aryl methyl sites for hydroxylation is 1. The Labute approximate surface area is 195 Å². The van der Waals surface area contributed by atoms with Crippen LogP contribution < -0.4 is 10.1 Å². The van der Waals surface area contributed by atoms with Crippen molar-refractivity contribution < 1.29 is 9.53 Å². The van der Waals surface area contributed by atoms with Crippen LogP contribution in [0.1, 0.15) is 24.0 Å². The molecule has 1 heterocycles. The van der Waals surface area contributed by atoms with E-state index in [4.69, 9.17) is 16.3 Å². The van der Waals surface area contributed by atoms with Gasteiger partial charge in [-0.1, -0.05) is 39.7 Å². The van der Waals surface area contributed by atoms with Crippen LogP contribution in [0, 0.1) is 13.8 Å². The molecule has 3 aromatic rings. The molecule has 0 aliphatic carbocycles. The van der Waals surface area contributed by atoms with Crippen molar-refractivity contribution in [1.82, 2.24) is 4.98 Å². The van der Waals surface area contributed by atoms with Crippen molar-refractivity contribution >= 4 is 65.8 Å². The number of thiazole rings is 1. The van der Waals surface area contributed by atoms with E-state index in [9.17, 15) is 4.79 Å². The lowest BCUT2D eigenvalue weighted by Crippen LogP contribution is -2.12. The molecule has 29 heavy (non-hydrogen) atoms. The highest BCUT2D eigenvalue weighted by molar-refractivity contribution is 9.10. The Morgan fingerprint density at radius 2 is 1.97 bits per heavy atom. The quantitative estimate of drug-likeness (QED) is 0.308. The molecule has 0 aliphatic rings. The van der Waals surface area contributed by atoms with Crippen LogP contribution in [0.5, 0.6) is 5.75 Å². The summed E-state index contributed by atoms with van der Waals surface area (Å²) in [7, 11) is 0. The third-order valence-electron chi connectivity index (χ3n) is 4.26. The van der Waals surface area contributed by atoms with E-state index in [0.29, 0.717) is 24.6 Å². The number of amides is 1. The first-order chi connectivity index (χ1) is 13.8. The zero-order chi connectivity index (χ0) is 21.0. The minimum atomic E-state index is -0.0761. The summed E-state index contributed by atoms with van der Waals surface area (Å²) in [5.41, 5.74) is 3.77. The van der Waals surface area contributed by atoms with Gasteiger partial charge in [0.2, 0.25) is 5.91 Å². The average molecular weight is 559 g/mol. The number of nitrogens with zero attached hydrogens (tertiary/aromatic N) is 1. The van der Waals surface area contributed by atoms with E-state index < -0.39 is 0 Å². The summed E-state index contributed by atoms with van der Waals surface area (Å²) in [6.45, 7) is 4.32. The van der Waals surface area contributed by atoms with E-state index in [0.717, 1.165) is 42.1 Å². The topological polar surface area (TPSA) is 51.2 Å². The average Bonchev–Trinajstić information content (AvgIpc) is 3.16. The highest BCUT2D eigenvalue weighted by Crippen LogP contribution is 2.35. The predicted molar refractivity (Wildman–Crippen MR) is 127 cm³/mol. The summed E-state index contributed by atoms with van der Waals surface area (Å²) >= 11 is 14.6. The summed E-state index contributed by atoms with van der Waals surface area (Å²) in [6.07, 6.45) is 0.959. The maximum absolute atomic E-state index is 12.2. The third-order valence-corrected chi connectivity index (χ3v) is 7.12. The minimum Gasteiger partial charge on any atom is -0.492 e. The molecule has 0 aliphatic heterocycles. The van der Waals surface area contributed by atoms with E-state index in [1.54, 1.807) is 0 Å². The predicted octanol–water partition coefficient (Wildman–Crippen LogP) is 7.40. The zero-order valence-electron chi connectivity index (χ0n) is 15.9. The van der Waals surface area contributed by atoms with E-state index in [1.165, 1.54) is 11.3 Å². The molecule has 1 amide bonds. The molecule has 2 aromatic carbocycles. The molecule has 0 saturated heterocycles. The van der Waals surface area contributed by atoms with Crippen molar-refractivity contribution in [2.24, 2.45) is 0 Å². The standard InChI is InChI=1S/C21H19Br2ClN2O2S/c1-12-10-17(19(23)13(2)20(12)24)28-9-3-4-18(27)26-21-25-16(11-29-21)14-5-7-15(22)8-6-14/h5-8,10-11H,3-4,9H2,1-2H3,(H,25,26,27). The number of carbonyl (C=O) groups excluding carboxylic acids is 1. The second kappa shape index (κ2) is 10.1. The molecule has 0 spiro atoms. The van der Waals surface area contributed by atoms with Crippen LogP contribution in [-0.2, 0) is 4.79 Å². The molecular formula is C21H19Br2ClN2O2S. The summed E-state index contributed by atoms with van der Waals surface area (Å²) < 4.78 is 7.69. The maximum Gasteiger partial charge on any atom is 0.226 e. The molecule has 0 bridgehead atoms. The monoisotopic (exact) mass is 556 g/mol. The molecule has 3 rings (SSSR count). The van der Waals surface area contributed by atoms with Gasteiger partial charge in [-0.15, -0.1) is 11.3 Å². The fraction of sp³-hybridized carbons (Fsp3) is 0.238. The molecule has 0 unspecified atom stereocenters. The lowest BCUT2D eigenvalue weighted by molar-refractivity contribution is -0.116. The normalized spacial score (nSPS) is 10.8. The van der Waals surface area contributed by atoms with Gasteiger partial charge < -0.3 is 10.1 Å². The van der Waals surface area contributed by atoms with Gasteiger partial charge in [-0.05, 0) is 65.5 Å². The first kappa shape index (κ1) is 22.3. The van der Waals surface area contributed by atoms with Crippen LogP contribution in [0.3, 0.4) is 0 Å². The molecule has 4 nitrogen and oxygen atoms in total. The summed E-state index contributed by atoms with van der Waals surface area (Å²) in [5.74, 6) is 0.664.